The number of aromatic amines is 3. The molecule has 5 aromatic rings. The molecule has 438 valence electrons. The Hall–Kier alpha value is -8.61. The summed E-state index contributed by atoms with van der Waals surface area (Å²) in [4.78, 5) is 126. The molecule has 25 heteroatoms. The molecule has 0 aliphatic carbocycles. The van der Waals surface area contributed by atoms with Gasteiger partial charge in [-0.2, -0.15) is 0 Å². The maximum Gasteiger partial charge on any atom is 0.224 e. The van der Waals surface area contributed by atoms with Crippen LogP contribution in [0, 0.1) is 23.7 Å². The maximum absolute atomic E-state index is 15.1. The monoisotopic (exact) mass is 1120 g/mol. The van der Waals surface area contributed by atoms with Crippen molar-refractivity contribution in [1.82, 2.24) is 35.9 Å². The summed E-state index contributed by atoms with van der Waals surface area (Å²) in [6, 6.07) is 11.6. The number of H-pyrrole nitrogens is 3. The molecule has 0 saturated carbocycles. The number of carbonyl (C=O) groups is 7. The predicted molar refractivity (Wildman–Crippen MR) is 312 cm³/mol. The number of aliphatic imine (C=N–C) groups is 3. The molecule has 0 aliphatic rings. The number of hydrogen-bond acceptors (Lipinski definition) is 12. The number of para-hydroxylation sites is 2. The third-order valence-corrected chi connectivity index (χ3v) is 14.3. The Kier molecular flexibility index (Phi) is 25.3. The van der Waals surface area contributed by atoms with Gasteiger partial charge in [0.2, 0.25) is 23.6 Å². The number of rotatable bonds is 38. The molecule has 7 atom stereocenters. The summed E-state index contributed by atoms with van der Waals surface area (Å²) in [7, 11) is 0. The maximum atomic E-state index is 15.1. The van der Waals surface area contributed by atoms with Crippen molar-refractivity contribution >= 4 is 80.7 Å². The fourth-order valence-corrected chi connectivity index (χ4v) is 9.80. The van der Waals surface area contributed by atoms with E-state index in [0.29, 0.717) is 50.0 Å². The Balaban J connectivity index is 1.44. The van der Waals surface area contributed by atoms with Crippen LogP contribution in [0.5, 0.6) is 0 Å². The van der Waals surface area contributed by atoms with Gasteiger partial charge in [0.1, 0.15) is 0 Å². The summed E-state index contributed by atoms with van der Waals surface area (Å²) < 4.78 is 0. The second-order valence-electron chi connectivity index (χ2n) is 20.6. The molecule has 25 nitrogen and oxygen atoms in total. The molecule has 3 heterocycles. The third kappa shape index (κ3) is 20.9. The zero-order valence-electron chi connectivity index (χ0n) is 46.2. The van der Waals surface area contributed by atoms with E-state index in [1.54, 1.807) is 19.3 Å². The average molecular weight is 1120 g/mol. The number of amides is 4. The Morgan fingerprint density at radius 1 is 0.519 bits per heavy atom. The number of ketones is 3. The highest BCUT2D eigenvalue weighted by Gasteiger charge is 2.35. The smallest absolute Gasteiger partial charge is 0.224 e. The number of nitrogens with one attached hydrogen (secondary N) is 6. The molecule has 0 radical (unpaired) electrons. The van der Waals surface area contributed by atoms with Crippen LogP contribution in [0.3, 0.4) is 0 Å². The van der Waals surface area contributed by atoms with Gasteiger partial charge in [0.25, 0.3) is 0 Å². The number of primary amides is 1. The molecular formula is C56H82N18O7. The van der Waals surface area contributed by atoms with E-state index in [4.69, 9.17) is 45.9 Å². The lowest BCUT2D eigenvalue weighted by Gasteiger charge is -2.26. The van der Waals surface area contributed by atoms with Crippen molar-refractivity contribution in [3.8, 4) is 0 Å². The van der Waals surface area contributed by atoms with E-state index in [1.807, 2.05) is 48.5 Å². The summed E-state index contributed by atoms with van der Waals surface area (Å²) in [6.07, 6.45) is 8.62. The van der Waals surface area contributed by atoms with Crippen molar-refractivity contribution in [2.24, 2.45) is 84.5 Å². The quantitative estimate of drug-likeness (QED) is 0.0149. The van der Waals surface area contributed by atoms with Crippen molar-refractivity contribution in [2.75, 3.05) is 26.2 Å². The van der Waals surface area contributed by atoms with E-state index in [1.165, 1.54) is 12.5 Å². The number of carbonyl (C=O) groups excluding carboxylic acids is 7. The summed E-state index contributed by atoms with van der Waals surface area (Å²) in [5.41, 5.74) is 48.7. The predicted octanol–water partition coefficient (Wildman–Crippen LogP) is 0.992. The van der Waals surface area contributed by atoms with E-state index >= 15 is 4.79 Å². The van der Waals surface area contributed by atoms with Crippen molar-refractivity contribution in [3.05, 3.63) is 90.3 Å². The summed E-state index contributed by atoms with van der Waals surface area (Å²) >= 11 is 0. The van der Waals surface area contributed by atoms with Crippen LogP contribution in [0.2, 0.25) is 0 Å². The molecule has 5 rings (SSSR count). The minimum absolute atomic E-state index is 0.0165. The zero-order chi connectivity index (χ0) is 58.8. The SMILES string of the molecule is C[C@@H](CCCN=C(N)N)C(=O)N[C@@H](CCCCN)C(=O)C[C@@H](CCCN=C(N)N)C(=O)N[C@@H](Cc1c[nH]c2ccccc12)C(=O)C[C@@H](Cc1cnc[nH]1)C(=O)N[C@@H](CCCN=C(N)N)C(=O)C[C@@H](Cc1c[nH]c2ccccc12)C(N)=O. The molecule has 0 saturated heterocycles. The fourth-order valence-electron chi connectivity index (χ4n) is 9.80. The van der Waals surface area contributed by atoms with E-state index < -0.39 is 83.3 Å². The molecule has 81 heavy (non-hydrogen) atoms. The van der Waals surface area contributed by atoms with Gasteiger partial charge in [-0.05, 0) is 94.0 Å². The van der Waals surface area contributed by atoms with Crippen LogP contribution >= 0.6 is 0 Å². The van der Waals surface area contributed by atoms with Crippen LogP contribution in [0.25, 0.3) is 21.8 Å². The minimum atomic E-state index is -1.25. The van der Waals surface area contributed by atoms with Crippen LogP contribution in [0.1, 0.15) is 101 Å². The first-order chi connectivity index (χ1) is 38.8. The van der Waals surface area contributed by atoms with Crippen LogP contribution in [0.4, 0.5) is 0 Å². The Bertz CT molecular complexity index is 2950. The Labute approximate surface area is 470 Å². The molecule has 3 aromatic heterocycles. The minimum Gasteiger partial charge on any atom is -0.370 e. The van der Waals surface area contributed by atoms with Gasteiger partial charge in [0.15, 0.2) is 35.2 Å². The van der Waals surface area contributed by atoms with Gasteiger partial charge in [-0.1, -0.05) is 43.3 Å². The van der Waals surface area contributed by atoms with Crippen molar-refractivity contribution in [3.63, 3.8) is 0 Å². The van der Waals surface area contributed by atoms with E-state index in [-0.39, 0.29) is 101 Å². The Morgan fingerprint density at radius 2 is 0.988 bits per heavy atom. The molecule has 22 N–H and O–H groups in total. The molecule has 0 spiro atoms. The second-order valence-corrected chi connectivity index (χ2v) is 20.6. The Morgan fingerprint density at radius 3 is 1.53 bits per heavy atom. The lowest BCUT2D eigenvalue weighted by molar-refractivity contribution is -0.135. The van der Waals surface area contributed by atoms with Crippen LogP contribution < -0.4 is 61.8 Å². The fraction of sp³-hybridized carbons (Fsp3) is 0.482. The highest BCUT2D eigenvalue weighted by Crippen LogP contribution is 2.26. The largest absolute Gasteiger partial charge is 0.370 e. The van der Waals surface area contributed by atoms with Crippen LogP contribution in [0.15, 0.2) is 88.4 Å². The number of nitrogens with two attached hydrogens (primary N) is 8. The number of guanidine groups is 3. The van der Waals surface area contributed by atoms with Gasteiger partial charge in [0.05, 0.1) is 30.4 Å². The third-order valence-electron chi connectivity index (χ3n) is 14.3. The van der Waals surface area contributed by atoms with Crippen molar-refractivity contribution in [2.45, 2.75) is 121 Å². The van der Waals surface area contributed by atoms with Gasteiger partial charge < -0.3 is 76.8 Å². The second kappa shape index (κ2) is 32.5. The van der Waals surface area contributed by atoms with Crippen molar-refractivity contribution < 1.29 is 33.6 Å². The number of unbranched alkanes of at least 4 members (excludes halogenated alkanes) is 1. The summed E-state index contributed by atoms with van der Waals surface area (Å²) in [5, 5.41) is 10.4. The number of fused-ring (bicyclic) bond motifs is 2. The number of Topliss-reactive ketones (excluding diaryl/α,β-unsaturated/α-hetero) is 3. The number of benzene rings is 2. The first-order valence-corrected chi connectivity index (χ1v) is 27.5. The summed E-state index contributed by atoms with van der Waals surface area (Å²) in [5.74, 6) is -7.65. The first-order valence-electron chi connectivity index (χ1n) is 27.5. The average Bonchev–Trinajstić information content (AvgIpc) is 4.37. The standard InChI is InChI=1S/C56H82N18O7/c1-33(11-8-20-66-54(59)60)51(79)72-44(17-6-7-19-57)47(75)26-34(12-9-21-67-55(61)62)52(80)74-46(25-38-30-70-43-16-5-3-14-41(38)43)49(77)28-36(24-39-31-65-32-71-39)53(81)73-45(18-10-22-68-56(63)64)48(76)27-35(50(58)78)23-37-29-69-42-15-4-2-13-40(37)42/h2-5,13-16,29-36,44-46,69-70H,6-12,17-28,57H2,1H3,(H2,58,78)(H,65,71)(H,72,79)(H,73,81)(H,74,80)(H4,59,60,66)(H4,61,62,67)(H4,63,64,68)/t33-,34+,35+,36+,44-,45-,46-/m0/s1. The molecule has 4 amide bonds. The lowest BCUT2D eigenvalue weighted by Crippen LogP contribution is -2.49. The van der Waals surface area contributed by atoms with Crippen LogP contribution in [-0.2, 0) is 52.8 Å². The molecule has 0 fully saturated rings. The number of hydrogen-bond donors (Lipinski definition) is 14. The lowest BCUT2D eigenvalue weighted by atomic mass is 9.88. The highest BCUT2D eigenvalue weighted by molar-refractivity contribution is 5.98. The van der Waals surface area contributed by atoms with E-state index in [0.717, 1.165) is 27.4 Å². The van der Waals surface area contributed by atoms with Crippen molar-refractivity contribution in [1.29, 1.82) is 0 Å². The van der Waals surface area contributed by atoms with Gasteiger partial charge in [0, 0.05) is 116 Å². The highest BCUT2D eigenvalue weighted by atomic mass is 16.2. The first kappa shape index (κ1) is 63.2. The number of aromatic nitrogens is 4. The molecular weight excluding hydrogens is 1040 g/mol. The van der Waals surface area contributed by atoms with Crippen LogP contribution in [-0.4, -0.2) is 123 Å². The topological polar surface area (TPSA) is 461 Å². The van der Waals surface area contributed by atoms with Gasteiger partial charge >= 0.3 is 0 Å². The van der Waals surface area contributed by atoms with E-state index in [9.17, 15) is 28.8 Å². The molecule has 0 unspecified atom stereocenters. The van der Waals surface area contributed by atoms with Gasteiger partial charge in [-0.15, -0.1) is 0 Å². The van der Waals surface area contributed by atoms with E-state index in [2.05, 4.69) is 50.9 Å². The van der Waals surface area contributed by atoms with Gasteiger partial charge in [-0.25, -0.2) is 4.98 Å². The number of imidazole rings is 1. The normalized spacial score (nSPS) is 13.9. The number of nitrogens with zero attached hydrogens (tertiary/aromatic N) is 4. The summed E-state index contributed by atoms with van der Waals surface area (Å²) in [6.45, 7) is 2.71. The molecule has 0 bridgehead atoms. The molecule has 2 aromatic carbocycles. The molecule has 0 aliphatic heterocycles. The zero-order valence-corrected chi connectivity index (χ0v) is 46.2. The van der Waals surface area contributed by atoms with Gasteiger partial charge in [-0.3, -0.25) is 48.5 Å².